The lowest BCUT2D eigenvalue weighted by Gasteiger charge is -2.08. The summed E-state index contributed by atoms with van der Waals surface area (Å²) in [5, 5.41) is 2.88. The molecule has 1 rings (SSSR count). The molecule has 1 amide bonds. The van der Waals surface area contributed by atoms with Crippen molar-refractivity contribution in [3.8, 4) is 11.5 Å². The van der Waals surface area contributed by atoms with Crippen molar-refractivity contribution in [3.63, 3.8) is 0 Å². The molecule has 1 N–H and O–H groups in total. The molecule has 0 heterocycles. The standard InChI is InChI=1S/C19H29NO5/c1-3-24-19(22)9-5-4-6-14-20-18(21)8-7-15-25-17-12-10-16(23-2)11-13-17/h10-13H,3-9,14-15H2,1-2H3,(H,20,21). The summed E-state index contributed by atoms with van der Waals surface area (Å²) in [6.07, 6.45) is 4.13. The van der Waals surface area contributed by atoms with Gasteiger partial charge in [-0.25, -0.2) is 0 Å². The van der Waals surface area contributed by atoms with Gasteiger partial charge in [-0.1, -0.05) is 6.42 Å². The average molecular weight is 351 g/mol. The van der Waals surface area contributed by atoms with E-state index in [0.717, 1.165) is 30.8 Å². The minimum atomic E-state index is -0.150. The number of esters is 1. The van der Waals surface area contributed by atoms with Crippen LogP contribution in [0, 0.1) is 0 Å². The average Bonchev–Trinajstić information content (AvgIpc) is 2.62. The van der Waals surface area contributed by atoms with Gasteiger partial charge in [0, 0.05) is 19.4 Å². The lowest BCUT2D eigenvalue weighted by molar-refractivity contribution is -0.143. The fraction of sp³-hybridized carbons (Fsp3) is 0.579. The molecule has 140 valence electrons. The molecule has 0 aliphatic heterocycles. The van der Waals surface area contributed by atoms with Crippen molar-refractivity contribution in [1.29, 1.82) is 0 Å². The van der Waals surface area contributed by atoms with Gasteiger partial charge in [-0.2, -0.15) is 0 Å². The first-order chi connectivity index (χ1) is 12.2. The minimum absolute atomic E-state index is 0.0312. The summed E-state index contributed by atoms with van der Waals surface area (Å²) in [7, 11) is 1.62. The Morgan fingerprint density at radius 3 is 2.36 bits per heavy atom. The van der Waals surface area contributed by atoms with E-state index in [1.54, 1.807) is 14.0 Å². The SMILES string of the molecule is CCOC(=O)CCCCCNC(=O)CCCOc1ccc(OC)cc1. The van der Waals surface area contributed by atoms with Gasteiger partial charge in [0.2, 0.25) is 5.91 Å². The van der Waals surface area contributed by atoms with Gasteiger partial charge in [0.15, 0.2) is 0 Å². The Kier molecular flexibility index (Phi) is 10.9. The summed E-state index contributed by atoms with van der Waals surface area (Å²) >= 11 is 0. The number of rotatable bonds is 13. The van der Waals surface area contributed by atoms with Crippen LogP contribution in [0.4, 0.5) is 0 Å². The molecule has 0 saturated heterocycles. The van der Waals surface area contributed by atoms with E-state index < -0.39 is 0 Å². The quantitative estimate of drug-likeness (QED) is 0.437. The van der Waals surface area contributed by atoms with Crippen molar-refractivity contribution in [3.05, 3.63) is 24.3 Å². The van der Waals surface area contributed by atoms with Crippen LogP contribution in [0.25, 0.3) is 0 Å². The summed E-state index contributed by atoms with van der Waals surface area (Å²) in [5.74, 6) is 1.43. The molecule has 6 nitrogen and oxygen atoms in total. The Balaban J connectivity index is 1.97. The Labute approximate surface area is 149 Å². The summed E-state index contributed by atoms with van der Waals surface area (Å²) in [6.45, 7) is 3.37. The van der Waals surface area contributed by atoms with Gasteiger partial charge in [0.25, 0.3) is 0 Å². The molecule has 0 aliphatic rings. The van der Waals surface area contributed by atoms with Crippen molar-refractivity contribution in [2.45, 2.75) is 45.4 Å². The number of carbonyl (C=O) groups excluding carboxylic acids is 2. The molecule has 0 fully saturated rings. The summed E-state index contributed by atoms with van der Waals surface area (Å²) < 4.78 is 15.5. The molecule has 0 bridgehead atoms. The highest BCUT2D eigenvalue weighted by Crippen LogP contribution is 2.17. The number of hydrogen-bond acceptors (Lipinski definition) is 5. The molecule has 0 unspecified atom stereocenters. The van der Waals surface area contributed by atoms with Crippen molar-refractivity contribution in [1.82, 2.24) is 5.32 Å². The van der Waals surface area contributed by atoms with E-state index in [-0.39, 0.29) is 11.9 Å². The lowest BCUT2D eigenvalue weighted by Crippen LogP contribution is -2.24. The van der Waals surface area contributed by atoms with E-state index in [2.05, 4.69) is 5.32 Å². The van der Waals surface area contributed by atoms with Crippen molar-refractivity contribution in [2.24, 2.45) is 0 Å². The normalized spacial score (nSPS) is 10.2. The number of unbranched alkanes of at least 4 members (excludes halogenated alkanes) is 2. The first-order valence-corrected chi connectivity index (χ1v) is 8.85. The van der Waals surface area contributed by atoms with Crippen LogP contribution in [0.1, 0.15) is 45.4 Å². The maximum Gasteiger partial charge on any atom is 0.305 e. The highest BCUT2D eigenvalue weighted by Gasteiger charge is 2.03. The Hall–Kier alpha value is -2.24. The van der Waals surface area contributed by atoms with E-state index in [9.17, 15) is 9.59 Å². The highest BCUT2D eigenvalue weighted by molar-refractivity contribution is 5.75. The van der Waals surface area contributed by atoms with Crippen LogP contribution in [-0.4, -0.2) is 38.7 Å². The van der Waals surface area contributed by atoms with Crippen molar-refractivity contribution in [2.75, 3.05) is 26.9 Å². The fourth-order valence-corrected chi connectivity index (χ4v) is 2.22. The summed E-state index contributed by atoms with van der Waals surface area (Å²) in [4.78, 5) is 22.9. The molecule has 0 aliphatic carbocycles. The Morgan fingerprint density at radius 2 is 1.68 bits per heavy atom. The van der Waals surface area contributed by atoms with Crippen LogP contribution in [-0.2, 0) is 14.3 Å². The molecule has 6 heteroatoms. The number of nitrogens with one attached hydrogen (secondary N) is 1. The van der Waals surface area contributed by atoms with Crippen LogP contribution in [0.2, 0.25) is 0 Å². The van der Waals surface area contributed by atoms with E-state index in [1.807, 2.05) is 24.3 Å². The molecule has 1 aromatic carbocycles. The maximum absolute atomic E-state index is 11.7. The zero-order valence-corrected chi connectivity index (χ0v) is 15.2. The molecule has 25 heavy (non-hydrogen) atoms. The number of hydrogen-bond donors (Lipinski definition) is 1. The van der Waals surface area contributed by atoms with Crippen molar-refractivity contribution < 1.29 is 23.8 Å². The van der Waals surface area contributed by atoms with Gasteiger partial charge in [0.1, 0.15) is 11.5 Å². The maximum atomic E-state index is 11.7. The minimum Gasteiger partial charge on any atom is -0.497 e. The van der Waals surface area contributed by atoms with Gasteiger partial charge in [-0.3, -0.25) is 9.59 Å². The monoisotopic (exact) mass is 351 g/mol. The van der Waals surface area contributed by atoms with Gasteiger partial charge >= 0.3 is 5.97 Å². The van der Waals surface area contributed by atoms with Crippen LogP contribution in [0.15, 0.2) is 24.3 Å². The molecule has 0 saturated carbocycles. The van der Waals surface area contributed by atoms with Gasteiger partial charge in [-0.15, -0.1) is 0 Å². The fourth-order valence-electron chi connectivity index (χ4n) is 2.22. The topological polar surface area (TPSA) is 73.9 Å². The van der Waals surface area contributed by atoms with Crippen LogP contribution >= 0.6 is 0 Å². The Morgan fingerprint density at radius 1 is 0.960 bits per heavy atom. The number of ether oxygens (including phenoxy) is 3. The Bertz CT molecular complexity index is 501. The molecule has 0 radical (unpaired) electrons. The molecular weight excluding hydrogens is 322 g/mol. The zero-order chi connectivity index (χ0) is 18.3. The van der Waals surface area contributed by atoms with E-state index in [4.69, 9.17) is 14.2 Å². The van der Waals surface area contributed by atoms with Gasteiger partial charge < -0.3 is 19.5 Å². The summed E-state index contributed by atoms with van der Waals surface area (Å²) in [5.41, 5.74) is 0. The second-order valence-corrected chi connectivity index (χ2v) is 5.59. The summed E-state index contributed by atoms with van der Waals surface area (Å²) in [6, 6.07) is 7.36. The second kappa shape index (κ2) is 13.1. The molecular formula is C19H29NO5. The van der Waals surface area contributed by atoms with Crippen LogP contribution in [0.5, 0.6) is 11.5 Å². The molecule has 0 atom stereocenters. The predicted octanol–water partition coefficient (Wildman–Crippen LogP) is 3.09. The lowest BCUT2D eigenvalue weighted by atomic mass is 10.2. The van der Waals surface area contributed by atoms with Gasteiger partial charge in [-0.05, 0) is 50.5 Å². The molecule has 0 aromatic heterocycles. The van der Waals surface area contributed by atoms with E-state index in [1.165, 1.54) is 0 Å². The van der Waals surface area contributed by atoms with Gasteiger partial charge in [0.05, 0.1) is 20.3 Å². The number of methoxy groups -OCH3 is 1. The first kappa shape index (κ1) is 20.8. The third kappa shape index (κ3) is 10.3. The van der Waals surface area contributed by atoms with E-state index in [0.29, 0.717) is 39.0 Å². The van der Waals surface area contributed by atoms with E-state index >= 15 is 0 Å². The number of benzene rings is 1. The predicted molar refractivity (Wildman–Crippen MR) is 95.8 cm³/mol. The highest BCUT2D eigenvalue weighted by atomic mass is 16.5. The van der Waals surface area contributed by atoms with Crippen LogP contribution < -0.4 is 14.8 Å². The number of carbonyl (C=O) groups is 2. The first-order valence-electron chi connectivity index (χ1n) is 8.85. The molecule has 1 aromatic rings. The third-order valence-electron chi connectivity index (χ3n) is 3.56. The van der Waals surface area contributed by atoms with Crippen LogP contribution in [0.3, 0.4) is 0 Å². The molecule has 0 spiro atoms. The van der Waals surface area contributed by atoms with Crippen molar-refractivity contribution >= 4 is 11.9 Å². The number of amides is 1. The smallest absolute Gasteiger partial charge is 0.305 e. The second-order valence-electron chi connectivity index (χ2n) is 5.59. The third-order valence-corrected chi connectivity index (χ3v) is 3.56. The zero-order valence-electron chi connectivity index (χ0n) is 15.2. The largest absolute Gasteiger partial charge is 0.497 e.